The molecule has 1 atom stereocenters. The highest BCUT2D eigenvalue weighted by atomic mass is 16.5. The number of carbonyl (C=O) groups is 2. The van der Waals surface area contributed by atoms with E-state index in [9.17, 15) is 9.59 Å². The minimum Gasteiger partial charge on any atom is -0.497 e. The van der Waals surface area contributed by atoms with Gasteiger partial charge in [-0.1, -0.05) is 18.2 Å². The second-order valence-corrected chi connectivity index (χ2v) is 6.54. The summed E-state index contributed by atoms with van der Waals surface area (Å²) in [7, 11) is 3.20. The molecule has 1 heterocycles. The smallest absolute Gasteiger partial charge is 0.251 e. The molecule has 2 amide bonds. The SMILES string of the molecule is COc1ccc(CCN2C[C@@H](NC(=O)c3cccc(OC)c3)CC2=O)cc1. The maximum Gasteiger partial charge on any atom is 0.251 e. The van der Waals surface area contributed by atoms with Crippen LogP contribution in [0.1, 0.15) is 22.3 Å². The number of methoxy groups -OCH3 is 2. The van der Waals surface area contributed by atoms with Gasteiger partial charge in [-0.05, 0) is 42.3 Å². The summed E-state index contributed by atoms with van der Waals surface area (Å²) in [5.41, 5.74) is 1.67. The molecule has 142 valence electrons. The molecule has 0 aliphatic carbocycles. The van der Waals surface area contributed by atoms with Crippen LogP contribution in [0.4, 0.5) is 0 Å². The van der Waals surface area contributed by atoms with E-state index in [1.54, 1.807) is 43.4 Å². The average molecular weight is 368 g/mol. The van der Waals surface area contributed by atoms with Crippen molar-refractivity contribution in [1.82, 2.24) is 10.2 Å². The highest BCUT2D eigenvalue weighted by molar-refractivity contribution is 5.95. The summed E-state index contributed by atoms with van der Waals surface area (Å²) >= 11 is 0. The Morgan fingerprint density at radius 3 is 2.56 bits per heavy atom. The molecule has 0 radical (unpaired) electrons. The first-order valence-electron chi connectivity index (χ1n) is 8.94. The maximum atomic E-state index is 12.4. The molecule has 0 spiro atoms. The molecule has 0 aromatic heterocycles. The Morgan fingerprint density at radius 1 is 1.11 bits per heavy atom. The van der Waals surface area contributed by atoms with Crippen LogP contribution >= 0.6 is 0 Å². The number of rotatable bonds is 7. The number of hydrogen-bond acceptors (Lipinski definition) is 4. The zero-order valence-electron chi connectivity index (χ0n) is 15.6. The number of nitrogens with one attached hydrogen (secondary N) is 1. The van der Waals surface area contributed by atoms with Crippen LogP contribution in [0.3, 0.4) is 0 Å². The van der Waals surface area contributed by atoms with E-state index in [1.807, 2.05) is 24.3 Å². The van der Waals surface area contributed by atoms with Gasteiger partial charge in [-0.15, -0.1) is 0 Å². The number of carbonyl (C=O) groups excluding carboxylic acids is 2. The third-order valence-electron chi connectivity index (χ3n) is 4.71. The molecule has 0 unspecified atom stereocenters. The van der Waals surface area contributed by atoms with Gasteiger partial charge in [0.05, 0.1) is 20.3 Å². The molecule has 1 N–H and O–H groups in total. The van der Waals surface area contributed by atoms with Gasteiger partial charge in [0, 0.05) is 25.1 Å². The van der Waals surface area contributed by atoms with Gasteiger partial charge >= 0.3 is 0 Å². The maximum absolute atomic E-state index is 12.4. The Morgan fingerprint density at radius 2 is 1.85 bits per heavy atom. The molecule has 3 rings (SSSR count). The molecule has 0 bridgehead atoms. The predicted molar refractivity (Wildman–Crippen MR) is 102 cm³/mol. The summed E-state index contributed by atoms with van der Waals surface area (Å²) in [5, 5.41) is 2.95. The van der Waals surface area contributed by atoms with Gasteiger partial charge in [0.15, 0.2) is 0 Å². The van der Waals surface area contributed by atoms with Gasteiger partial charge in [-0.3, -0.25) is 9.59 Å². The topological polar surface area (TPSA) is 67.9 Å². The first kappa shape index (κ1) is 18.8. The molecule has 1 aliphatic rings. The third kappa shape index (κ3) is 4.78. The molecular weight excluding hydrogens is 344 g/mol. The van der Waals surface area contributed by atoms with Crippen molar-refractivity contribution in [3.05, 3.63) is 59.7 Å². The van der Waals surface area contributed by atoms with Crippen molar-refractivity contribution in [3.8, 4) is 11.5 Å². The first-order valence-corrected chi connectivity index (χ1v) is 8.94. The standard InChI is InChI=1S/C21H24N2O4/c1-26-18-8-6-15(7-9-18)10-11-23-14-17(13-20(23)24)22-21(25)16-4-3-5-19(12-16)27-2/h3-9,12,17H,10-11,13-14H2,1-2H3,(H,22,25)/t17-/m0/s1. The minimum absolute atomic E-state index is 0.0689. The quantitative estimate of drug-likeness (QED) is 0.814. The lowest BCUT2D eigenvalue weighted by atomic mass is 10.1. The molecule has 0 saturated carbocycles. The Kier molecular flexibility index (Phi) is 5.96. The fraction of sp³-hybridized carbons (Fsp3) is 0.333. The molecule has 2 aromatic carbocycles. The highest BCUT2D eigenvalue weighted by Crippen LogP contribution is 2.17. The summed E-state index contributed by atoms with van der Waals surface area (Å²) in [4.78, 5) is 26.5. The molecule has 1 saturated heterocycles. The number of likely N-dealkylation sites (tertiary alicyclic amines) is 1. The van der Waals surface area contributed by atoms with E-state index < -0.39 is 0 Å². The van der Waals surface area contributed by atoms with Crippen LogP contribution in [0.2, 0.25) is 0 Å². The molecule has 1 aliphatic heterocycles. The predicted octanol–water partition coefficient (Wildman–Crippen LogP) is 2.28. The van der Waals surface area contributed by atoms with Gasteiger partial charge in [0.25, 0.3) is 5.91 Å². The van der Waals surface area contributed by atoms with E-state index in [4.69, 9.17) is 9.47 Å². The van der Waals surface area contributed by atoms with Crippen molar-refractivity contribution in [2.75, 3.05) is 27.3 Å². The molecule has 27 heavy (non-hydrogen) atoms. The van der Waals surface area contributed by atoms with Crippen LogP contribution < -0.4 is 14.8 Å². The van der Waals surface area contributed by atoms with Crippen molar-refractivity contribution in [1.29, 1.82) is 0 Å². The fourth-order valence-corrected chi connectivity index (χ4v) is 3.17. The lowest BCUT2D eigenvalue weighted by Gasteiger charge is -2.17. The Bertz CT molecular complexity index is 804. The molecule has 2 aromatic rings. The average Bonchev–Trinajstić information content (AvgIpc) is 3.05. The number of amides is 2. The van der Waals surface area contributed by atoms with Crippen LogP contribution in [-0.4, -0.2) is 50.1 Å². The zero-order chi connectivity index (χ0) is 19.2. The van der Waals surface area contributed by atoms with Crippen molar-refractivity contribution in [3.63, 3.8) is 0 Å². The largest absolute Gasteiger partial charge is 0.497 e. The lowest BCUT2D eigenvalue weighted by molar-refractivity contribution is -0.127. The second kappa shape index (κ2) is 8.58. The van der Waals surface area contributed by atoms with Gasteiger partial charge in [0.1, 0.15) is 11.5 Å². The van der Waals surface area contributed by atoms with Crippen LogP contribution in [0.25, 0.3) is 0 Å². The molecule has 1 fully saturated rings. The van der Waals surface area contributed by atoms with Crippen molar-refractivity contribution < 1.29 is 19.1 Å². The fourth-order valence-electron chi connectivity index (χ4n) is 3.17. The first-order chi connectivity index (χ1) is 13.1. The van der Waals surface area contributed by atoms with Crippen LogP contribution in [0.15, 0.2) is 48.5 Å². The summed E-state index contributed by atoms with van der Waals surface area (Å²) in [6.07, 6.45) is 1.10. The van der Waals surface area contributed by atoms with Crippen molar-refractivity contribution in [2.24, 2.45) is 0 Å². The number of benzene rings is 2. The third-order valence-corrected chi connectivity index (χ3v) is 4.71. The van der Waals surface area contributed by atoms with Gasteiger partial charge < -0.3 is 19.7 Å². The number of nitrogens with zero attached hydrogens (tertiary/aromatic N) is 1. The van der Waals surface area contributed by atoms with E-state index in [0.29, 0.717) is 30.8 Å². The minimum atomic E-state index is -0.191. The Hall–Kier alpha value is -3.02. The van der Waals surface area contributed by atoms with Crippen molar-refractivity contribution >= 4 is 11.8 Å². The lowest BCUT2D eigenvalue weighted by Crippen LogP contribution is -2.37. The highest BCUT2D eigenvalue weighted by Gasteiger charge is 2.30. The van der Waals surface area contributed by atoms with E-state index >= 15 is 0 Å². The van der Waals surface area contributed by atoms with E-state index in [-0.39, 0.29) is 17.9 Å². The van der Waals surface area contributed by atoms with E-state index in [0.717, 1.165) is 17.7 Å². The van der Waals surface area contributed by atoms with E-state index in [1.165, 1.54) is 0 Å². The second-order valence-electron chi connectivity index (χ2n) is 6.54. The molecule has 6 heteroatoms. The molecular formula is C21H24N2O4. The van der Waals surface area contributed by atoms with Crippen LogP contribution in [0, 0.1) is 0 Å². The Labute approximate surface area is 159 Å². The normalized spacial score (nSPS) is 16.3. The van der Waals surface area contributed by atoms with Crippen molar-refractivity contribution in [2.45, 2.75) is 18.9 Å². The zero-order valence-corrected chi connectivity index (χ0v) is 15.6. The summed E-state index contributed by atoms with van der Waals surface area (Å²) < 4.78 is 10.3. The summed E-state index contributed by atoms with van der Waals surface area (Å²) in [5.74, 6) is 1.32. The van der Waals surface area contributed by atoms with Crippen LogP contribution in [0.5, 0.6) is 11.5 Å². The summed E-state index contributed by atoms with van der Waals surface area (Å²) in [6.45, 7) is 1.17. The van der Waals surface area contributed by atoms with Crippen LogP contribution in [-0.2, 0) is 11.2 Å². The van der Waals surface area contributed by atoms with Gasteiger partial charge in [-0.2, -0.15) is 0 Å². The number of hydrogen-bond donors (Lipinski definition) is 1. The van der Waals surface area contributed by atoms with Gasteiger partial charge in [-0.25, -0.2) is 0 Å². The monoisotopic (exact) mass is 368 g/mol. The summed E-state index contributed by atoms with van der Waals surface area (Å²) in [6, 6.07) is 14.6. The van der Waals surface area contributed by atoms with Gasteiger partial charge in [0.2, 0.25) is 5.91 Å². The molecule has 6 nitrogen and oxygen atoms in total. The van der Waals surface area contributed by atoms with E-state index in [2.05, 4.69) is 5.32 Å². The Balaban J connectivity index is 1.52. The number of ether oxygens (including phenoxy) is 2.